The standard InChI is InChI=1S/C16H25NOS/c1-3-18-16-7-5-4-6-13(16)12-17-14-8-10-15(19-2)11-9-14/h4-7,14-15,17H,3,8-12H2,1-2H3. The highest BCUT2D eigenvalue weighted by atomic mass is 32.2. The third-order valence-electron chi connectivity index (χ3n) is 3.86. The molecule has 0 bridgehead atoms. The molecule has 2 nitrogen and oxygen atoms in total. The average molecular weight is 279 g/mol. The van der Waals surface area contributed by atoms with E-state index in [9.17, 15) is 0 Å². The van der Waals surface area contributed by atoms with Gasteiger partial charge in [0, 0.05) is 23.4 Å². The van der Waals surface area contributed by atoms with Gasteiger partial charge in [-0.15, -0.1) is 0 Å². The lowest BCUT2D eigenvalue weighted by Gasteiger charge is -2.28. The van der Waals surface area contributed by atoms with Crippen LogP contribution < -0.4 is 10.1 Å². The SMILES string of the molecule is CCOc1ccccc1CNC1CCC(SC)CC1. The first kappa shape index (κ1) is 14.7. The maximum Gasteiger partial charge on any atom is 0.123 e. The minimum atomic E-state index is 0.679. The zero-order valence-electron chi connectivity index (χ0n) is 12.0. The van der Waals surface area contributed by atoms with Crippen LogP contribution in [0.4, 0.5) is 0 Å². The van der Waals surface area contributed by atoms with E-state index in [-0.39, 0.29) is 0 Å². The first-order valence-corrected chi connectivity index (χ1v) is 8.59. The van der Waals surface area contributed by atoms with Crippen molar-refractivity contribution in [1.29, 1.82) is 0 Å². The number of thioether (sulfide) groups is 1. The van der Waals surface area contributed by atoms with Gasteiger partial charge in [0.25, 0.3) is 0 Å². The van der Waals surface area contributed by atoms with Gasteiger partial charge >= 0.3 is 0 Å². The highest BCUT2D eigenvalue weighted by molar-refractivity contribution is 7.99. The maximum absolute atomic E-state index is 5.67. The zero-order valence-corrected chi connectivity index (χ0v) is 12.8. The fraction of sp³-hybridized carbons (Fsp3) is 0.625. The first-order valence-electron chi connectivity index (χ1n) is 7.30. The topological polar surface area (TPSA) is 21.3 Å². The second-order valence-electron chi connectivity index (χ2n) is 5.13. The molecule has 0 aromatic heterocycles. The van der Waals surface area contributed by atoms with Crippen molar-refractivity contribution in [3.8, 4) is 5.75 Å². The van der Waals surface area contributed by atoms with Crippen molar-refractivity contribution in [2.45, 2.75) is 50.4 Å². The summed E-state index contributed by atoms with van der Waals surface area (Å²) < 4.78 is 5.67. The fourth-order valence-corrected chi connectivity index (χ4v) is 3.45. The lowest BCUT2D eigenvalue weighted by atomic mass is 9.95. The van der Waals surface area contributed by atoms with Gasteiger partial charge in [-0.25, -0.2) is 0 Å². The van der Waals surface area contributed by atoms with Gasteiger partial charge in [0.2, 0.25) is 0 Å². The predicted octanol–water partition coefficient (Wildman–Crippen LogP) is 3.85. The Morgan fingerprint density at radius 1 is 1.21 bits per heavy atom. The van der Waals surface area contributed by atoms with Crippen LogP contribution in [0, 0.1) is 0 Å². The van der Waals surface area contributed by atoms with Crippen LogP contribution in [0.3, 0.4) is 0 Å². The summed E-state index contributed by atoms with van der Waals surface area (Å²) in [6, 6.07) is 9.02. The van der Waals surface area contributed by atoms with E-state index < -0.39 is 0 Å². The highest BCUT2D eigenvalue weighted by Gasteiger charge is 2.20. The second-order valence-corrected chi connectivity index (χ2v) is 6.27. The minimum Gasteiger partial charge on any atom is -0.494 e. The third-order valence-corrected chi connectivity index (χ3v) is 5.00. The number of hydrogen-bond acceptors (Lipinski definition) is 3. The second kappa shape index (κ2) is 7.81. The normalized spacial score (nSPS) is 23.3. The smallest absolute Gasteiger partial charge is 0.123 e. The Balaban J connectivity index is 1.82. The van der Waals surface area contributed by atoms with Crippen LogP contribution in [-0.2, 0) is 6.54 Å². The molecule has 3 heteroatoms. The monoisotopic (exact) mass is 279 g/mol. The van der Waals surface area contributed by atoms with E-state index >= 15 is 0 Å². The van der Waals surface area contributed by atoms with Gasteiger partial charge in [-0.2, -0.15) is 11.8 Å². The molecule has 0 atom stereocenters. The molecule has 1 fully saturated rings. The molecule has 1 aromatic carbocycles. The van der Waals surface area contributed by atoms with Gasteiger partial charge in [0.05, 0.1) is 6.61 Å². The van der Waals surface area contributed by atoms with E-state index in [1.54, 1.807) is 0 Å². The molecule has 0 saturated heterocycles. The molecule has 1 aromatic rings. The summed E-state index contributed by atoms with van der Waals surface area (Å²) in [6.45, 7) is 3.69. The lowest BCUT2D eigenvalue weighted by Crippen LogP contribution is -2.33. The predicted molar refractivity (Wildman–Crippen MR) is 84.0 cm³/mol. The van der Waals surface area contributed by atoms with Crippen molar-refractivity contribution in [2.75, 3.05) is 12.9 Å². The van der Waals surface area contributed by atoms with E-state index in [2.05, 4.69) is 29.8 Å². The van der Waals surface area contributed by atoms with Crippen molar-refractivity contribution in [1.82, 2.24) is 5.32 Å². The number of nitrogens with one attached hydrogen (secondary N) is 1. The molecule has 19 heavy (non-hydrogen) atoms. The van der Waals surface area contributed by atoms with Crippen molar-refractivity contribution in [3.63, 3.8) is 0 Å². The number of rotatable bonds is 6. The summed E-state index contributed by atoms with van der Waals surface area (Å²) in [7, 11) is 0. The van der Waals surface area contributed by atoms with Gasteiger partial charge in [-0.05, 0) is 44.9 Å². The summed E-state index contributed by atoms with van der Waals surface area (Å²) in [6.07, 6.45) is 7.55. The quantitative estimate of drug-likeness (QED) is 0.854. The van der Waals surface area contributed by atoms with Gasteiger partial charge in [-0.3, -0.25) is 0 Å². The Kier molecular flexibility index (Phi) is 6.05. The molecular weight excluding hydrogens is 254 g/mol. The molecule has 0 aliphatic heterocycles. The zero-order chi connectivity index (χ0) is 13.5. The molecule has 1 aliphatic carbocycles. The van der Waals surface area contributed by atoms with Crippen LogP contribution in [0.2, 0.25) is 0 Å². The summed E-state index contributed by atoms with van der Waals surface area (Å²) in [5.74, 6) is 1.02. The van der Waals surface area contributed by atoms with Crippen LogP contribution >= 0.6 is 11.8 Å². The largest absolute Gasteiger partial charge is 0.494 e. The molecule has 2 rings (SSSR count). The van der Waals surface area contributed by atoms with Crippen LogP contribution in [0.5, 0.6) is 5.75 Å². The molecule has 1 saturated carbocycles. The first-order chi connectivity index (χ1) is 9.33. The minimum absolute atomic E-state index is 0.679. The van der Waals surface area contributed by atoms with Crippen LogP contribution in [0.1, 0.15) is 38.2 Å². The average Bonchev–Trinajstić information content (AvgIpc) is 2.47. The van der Waals surface area contributed by atoms with Gasteiger partial charge < -0.3 is 10.1 Å². The van der Waals surface area contributed by atoms with E-state index in [1.165, 1.54) is 31.2 Å². The lowest BCUT2D eigenvalue weighted by molar-refractivity contribution is 0.331. The van der Waals surface area contributed by atoms with E-state index in [1.807, 2.05) is 24.8 Å². The van der Waals surface area contributed by atoms with Crippen molar-refractivity contribution in [3.05, 3.63) is 29.8 Å². The van der Waals surface area contributed by atoms with Crippen molar-refractivity contribution < 1.29 is 4.74 Å². The Hall–Kier alpha value is -0.670. The van der Waals surface area contributed by atoms with Crippen LogP contribution in [0.25, 0.3) is 0 Å². The summed E-state index contributed by atoms with van der Waals surface area (Å²) in [5, 5.41) is 4.58. The Bertz CT molecular complexity index is 375. The molecule has 106 valence electrons. The molecule has 0 spiro atoms. The number of para-hydroxylation sites is 1. The number of benzene rings is 1. The molecule has 0 amide bonds. The Morgan fingerprint density at radius 3 is 2.63 bits per heavy atom. The number of hydrogen-bond donors (Lipinski definition) is 1. The van der Waals surface area contributed by atoms with Crippen LogP contribution in [-0.4, -0.2) is 24.2 Å². The van der Waals surface area contributed by atoms with E-state index in [0.717, 1.165) is 24.2 Å². The molecular formula is C16H25NOS. The summed E-state index contributed by atoms with van der Waals surface area (Å²) in [5.41, 5.74) is 1.27. The van der Waals surface area contributed by atoms with Crippen LogP contribution in [0.15, 0.2) is 24.3 Å². The molecule has 0 unspecified atom stereocenters. The van der Waals surface area contributed by atoms with Gasteiger partial charge in [0.15, 0.2) is 0 Å². The van der Waals surface area contributed by atoms with Crippen molar-refractivity contribution >= 4 is 11.8 Å². The highest BCUT2D eigenvalue weighted by Crippen LogP contribution is 2.27. The molecule has 0 heterocycles. The van der Waals surface area contributed by atoms with E-state index in [4.69, 9.17) is 4.74 Å². The van der Waals surface area contributed by atoms with Gasteiger partial charge in [-0.1, -0.05) is 18.2 Å². The summed E-state index contributed by atoms with van der Waals surface area (Å²) >= 11 is 2.02. The Morgan fingerprint density at radius 2 is 1.95 bits per heavy atom. The van der Waals surface area contributed by atoms with Crippen molar-refractivity contribution in [2.24, 2.45) is 0 Å². The fourth-order valence-electron chi connectivity index (χ4n) is 2.70. The number of ether oxygens (including phenoxy) is 1. The van der Waals surface area contributed by atoms with E-state index in [0.29, 0.717) is 6.04 Å². The third kappa shape index (κ3) is 4.43. The molecule has 0 radical (unpaired) electrons. The Labute approximate surface area is 121 Å². The summed E-state index contributed by atoms with van der Waals surface area (Å²) in [4.78, 5) is 0. The maximum atomic E-state index is 5.67. The molecule has 1 aliphatic rings. The molecule has 1 N–H and O–H groups in total. The van der Waals surface area contributed by atoms with Gasteiger partial charge in [0.1, 0.15) is 5.75 Å².